The van der Waals surface area contributed by atoms with Gasteiger partial charge in [-0.2, -0.15) is 0 Å². The van der Waals surface area contributed by atoms with E-state index in [1.807, 2.05) is 0 Å². The van der Waals surface area contributed by atoms with Gasteiger partial charge >= 0.3 is 0 Å². The molecular weight excluding hydrogens is 266 g/mol. The van der Waals surface area contributed by atoms with Crippen LogP contribution in [-0.4, -0.2) is 24.5 Å². The molecule has 1 unspecified atom stereocenters. The Morgan fingerprint density at radius 3 is 2.32 bits per heavy atom. The highest BCUT2D eigenvalue weighted by atomic mass is 15.1. The maximum Gasteiger partial charge on any atom is 0.0196 e. The molecule has 22 heavy (non-hydrogen) atoms. The second-order valence-electron chi connectivity index (χ2n) is 8.22. The summed E-state index contributed by atoms with van der Waals surface area (Å²) in [5.74, 6) is 0.855. The second-order valence-corrected chi connectivity index (χ2v) is 8.22. The number of allylic oxidation sites excluding steroid dienone is 1. The van der Waals surface area contributed by atoms with Crippen molar-refractivity contribution in [3.8, 4) is 0 Å². The lowest BCUT2D eigenvalue weighted by atomic mass is 9.86. The predicted molar refractivity (Wildman–Crippen MR) is 98.2 cm³/mol. The first-order valence-corrected chi connectivity index (χ1v) is 8.77. The largest absolute Gasteiger partial charge is 0.299 e. The minimum absolute atomic E-state index is 0.231. The monoisotopic (exact) mass is 299 g/mol. The molecule has 122 valence electrons. The van der Waals surface area contributed by atoms with Crippen LogP contribution in [0.2, 0.25) is 0 Å². The highest BCUT2D eigenvalue weighted by molar-refractivity contribution is 5.67. The molecule has 1 aliphatic heterocycles. The van der Waals surface area contributed by atoms with Crippen LogP contribution in [0.4, 0.5) is 0 Å². The van der Waals surface area contributed by atoms with Crippen molar-refractivity contribution in [3.05, 3.63) is 41.0 Å². The van der Waals surface area contributed by atoms with Gasteiger partial charge in [-0.05, 0) is 61.3 Å². The van der Waals surface area contributed by atoms with Crippen LogP contribution in [0.15, 0.2) is 29.8 Å². The Hall–Kier alpha value is -1.08. The highest BCUT2D eigenvalue weighted by Gasteiger charge is 2.17. The van der Waals surface area contributed by atoms with Gasteiger partial charge in [0.15, 0.2) is 0 Å². The van der Waals surface area contributed by atoms with Crippen LogP contribution in [0.3, 0.4) is 0 Å². The number of benzene rings is 1. The van der Waals surface area contributed by atoms with Gasteiger partial charge in [-0.1, -0.05) is 57.5 Å². The standard InChI is InChI=1S/C21H33N/c1-16-8-7-13-22(14-16)15-17(2)18(3)19-9-11-20(12-10-19)21(4,5)6/h9-12,16H,7-8,13-15H2,1-6H3. The van der Waals surface area contributed by atoms with Crippen molar-refractivity contribution in [1.29, 1.82) is 0 Å². The Morgan fingerprint density at radius 1 is 1.14 bits per heavy atom. The molecule has 1 aliphatic rings. The molecule has 1 aromatic carbocycles. The molecule has 1 fully saturated rings. The van der Waals surface area contributed by atoms with Gasteiger partial charge in [0.05, 0.1) is 0 Å². The molecule has 0 N–H and O–H groups in total. The van der Waals surface area contributed by atoms with Crippen LogP contribution in [0.1, 0.15) is 65.5 Å². The van der Waals surface area contributed by atoms with Gasteiger partial charge in [-0.25, -0.2) is 0 Å². The van der Waals surface area contributed by atoms with Crippen molar-refractivity contribution in [2.45, 2.75) is 59.8 Å². The lowest BCUT2D eigenvalue weighted by Gasteiger charge is -2.31. The fraction of sp³-hybridized carbons (Fsp3) is 0.619. The van der Waals surface area contributed by atoms with Gasteiger partial charge < -0.3 is 0 Å². The fourth-order valence-electron chi connectivity index (χ4n) is 3.35. The molecule has 2 rings (SSSR count). The fourth-order valence-corrected chi connectivity index (χ4v) is 3.35. The first-order valence-electron chi connectivity index (χ1n) is 8.77. The van der Waals surface area contributed by atoms with Crippen LogP contribution in [-0.2, 0) is 5.41 Å². The normalized spacial score (nSPS) is 21.6. The summed E-state index contributed by atoms with van der Waals surface area (Å²) in [6.07, 6.45) is 2.75. The second kappa shape index (κ2) is 7.00. The number of hydrogen-bond acceptors (Lipinski definition) is 1. The van der Waals surface area contributed by atoms with Crippen molar-refractivity contribution in [3.63, 3.8) is 0 Å². The SMILES string of the molecule is CC(CN1CCCC(C)C1)=C(C)c1ccc(C(C)(C)C)cc1. The molecule has 0 aromatic heterocycles. The molecule has 0 radical (unpaired) electrons. The summed E-state index contributed by atoms with van der Waals surface area (Å²) < 4.78 is 0. The Bertz CT molecular complexity index is 516. The van der Waals surface area contributed by atoms with E-state index in [4.69, 9.17) is 0 Å². The van der Waals surface area contributed by atoms with E-state index in [1.54, 1.807) is 0 Å². The number of rotatable bonds is 3. The first-order chi connectivity index (χ1) is 10.3. The van der Waals surface area contributed by atoms with Crippen LogP contribution < -0.4 is 0 Å². The van der Waals surface area contributed by atoms with Gasteiger partial charge in [0.25, 0.3) is 0 Å². The molecule has 1 heterocycles. The van der Waals surface area contributed by atoms with E-state index >= 15 is 0 Å². The van der Waals surface area contributed by atoms with Crippen LogP contribution in [0, 0.1) is 5.92 Å². The van der Waals surface area contributed by atoms with E-state index in [1.165, 1.54) is 48.2 Å². The Morgan fingerprint density at radius 2 is 1.77 bits per heavy atom. The molecule has 0 bridgehead atoms. The lowest BCUT2D eigenvalue weighted by Crippen LogP contribution is -2.35. The van der Waals surface area contributed by atoms with Gasteiger partial charge in [0, 0.05) is 13.1 Å². The maximum absolute atomic E-state index is 2.62. The van der Waals surface area contributed by atoms with Crippen molar-refractivity contribution in [2.75, 3.05) is 19.6 Å². The smallest absolute Gasteiger partial charge is 0.0196 e. The number of hydrogen-bond donors (Lipinski definition) is 0. The summed E-state index contributed by atoms with van der Waals surface area (Å²) >= 11 is 0. The number of nitrogens with zero attached hydrogens (tertiary/aromatic N) is 1. The molecule has 0 aliphatic carbocycles. The summed E-state index contributed by atoms with van der Waals surface area (Å²) in [6.45, 7) is 17.4. The van der Waals surface area contributed by atoms with E-state index in [-0.39, 0.29) is 5.41 Å². The third-order valence-electron chi connectivity index (χ3n) is 5.03. The van der Waals surface area contributed by atoms with Crippen molar-refractivity contribution >= 4 is 5.57 Å². The zero-order chi connectivity index (χ0) is 16.3. The van der Waals surface area contributed by atoms with E-state index in [9.17, 15) is 0 Å². The molecule has 1 atom stereocenters. The molecule has 0 spiro atoms. The van der Waals surface area contributed by atoms with Gasteiger partial charge in [0.1, 0.15) is 0 Å². The van der Waals surface area contributed by atoms with Gasteiger partial charge in [0.2, 0.25) is 0 Å². The molecule has 1 saturated heterocycles. The van der Waals surface area contributed by atoms with E-state index in [0.29, 0.717) is 0 Å². The predicted octanol–water partition coefficient (Wildman–Crippen LogP) is 5.51. The molecule has 1 heteroatoms. The minimum Gasteiger partial charge on any atom is -0.299 e. The summed E-state index contributed by atoms with van der Waals surface area (Å²) in [4.78, 5) is 2.62. The van der Waals surface area contributed by atoms with Gasteiger partial charge in [-0.3, -0.25) is 4.90 Å². The topological polar surface area (TPSA) is 3.24 Å². The Balaban J connectivity index is 2.09. The zero-order valence-electron chi connectivity index (χ0n) is 15.4. The molecule has 0 saturated carbocycles. The van der Waals surface area contributed by atoms with Gasteiger partial charge in [-0.15, -0.1) is 0 Å². The average molecular weight is 300 g/mol. The third-order valence-corrected chi connectivity index (χ3v) is 5.03. The van der Waals surface area contributed by atoms with E-state index in [2.05, 4.69) is 70.7 Å². The summed E-state index contributed by atoms with van der Waals surface area (Å²) in [6, 6.07) is 9.15. The van der Waals surface area contributed by atoms with Crippen molar-refractivity contribution in [2.24, 2.45) is 5.92 Å². The van der Waals surface area contributed by atoms with E-state index in [0.717, 1.165) is 12.5 Å². The third kappa shape index (κ3) is 4.46. The number of likely N-dealkylation sites (tertiary alicyclic amines) is 1. The van der Waals surface area contributed by atoms with Crippen molar-refractivity contribution in [1.82, 2.24) is 4.90 Å². The molecule has 1 aromatic rings. The summed E-state index contributed by atoms with van der Waals surface area (Å²) in [7, 11) is 0. The maximum atomic E-state index is 2.62. The first kappa shape index (κ1) is 17.3. The molecular formula is C21H33N. The Labute approximate surface area is 137 Å². The number of piperidine rings is 1. The molecule has 1 nitrogen and oxygen atoms in total. The van der Waals surface area contributed by atoms with Crippen molar-refractivity contribution < 1.29 is 0 Å². The minimum atomic E-state index is 0.231. The average Bonchev–Trinajstić information content (AvgIpc) is 2.45. The Kier molecular flexibility index (Phi) is 5.50. The molecule has 0 amide bonds. The summed E-state index contributed by atoms with van der Waals surface area (Å²) in [5, 5.41) is 0. The van der Waals surface area contributed by atoms with E-state index < -0.39 is 0 Å². The lowest BCUT2D eigenvalue weighted by molar-refractivity contribution is 0.198. The summed E-state index contributed by atoms with van der Waals surface area (Å²) in [5.41, 5.74) is 5.97. The zero-order valence-corrected chi connectivity index (χ0v) is 15.4. The van der Waals surface area contributed by atoms with Crippen LogP contribution in [0.25, 0.3) is 5.57 Å². The quantitative estimate of drug-likeness (QED) is 0.711. The van der Waals surface area contributed by atoms with Crippen LogP contribution >= 0.6 is 0 Å². The van der Waals surface area contributed by atoms with Crippen LogP contribution in [0.5, 0.6) is 0 Å². The highest BCUT2D eigenvalue weighted by Crippen LogP contribution is 2.26.